The van der Waals surface area contributed by atoms with E-state index < -0.39 is 17.7 Å². The van der Waals surface area contributed by atoms with Crippen LogP contribution >= 0.6 is 0 Å². The number of hydrogen-bond acceptors (Lipinski definition) is 3. The van der Waals surface area contributed by atoms with Crippen LogP contribution in [0, 0.1) is 5.82 Å². The van der Waals surface area contributed by atoms with Gasteiger partial charge in [-0.25, -0.2) is 14.4 Å². The van der Waals surface area contributed by atoms with Crippen LogP contribution in [0.4, 0.5) is 17.6 Å². The Bertz CT molecular complexity index is 1090. The van der Waals surface area contributed by atoms with Crippen molar-refractivity contribution in [2.45, 2.75) is 6.18 Å². The number of aromatic nitrogens is 4. The molecule has 0 atom stereocenters. The molecule has 0 spiro atoms. The summed E-state index contributed by atoms with van der Waals surface area (Å²) in [6.45, 7) is 0. The number of pyridine rings is 1. The summed E-state index contributed by atoms with van der Waals surface area (Å²) in [5.74, 6) is -0.530. The first-order valence-corrected chi connectivity index (χ1v) is 7.56. The van der Waals surface area contributed by atoms with E-state index in [1.54, 1.807) is 30.5 Å². The number of imidazole rings is 1. The summed E-state index contributed by atoms with van der Waals surface area (Å²) in [6.07, 6.45) is -0.344. The molecular formula is C18H10F4N4. The molecule has 1 aromatic carbocycles. The molecule has 0 saturated heterocycles. The van der Waals surface area contributed by atoms with Gasteiger partial charge in [-0.05, 0) is 36.4 Å². The fourth-order valence-electron chi connectivity index (χ4n) is 2.65. The topological polar surface area (TPSA) is 43.1 Å². The summed E-state index contributed by atoms with van der Waals surface area (Å²) in [4.78, 5) is 11.6. The monoisotopic (exact) mass is 358 g/mol. The van der Waals surface area contributed by atoms with Crippen LogP contribution in [0.3, 0.4) is 0 Å². The highest BCUT2D eigenvalue weighted by Gasteiger charge is 2.33. The van der Waals surface area contributed by atoms with Gasteiger partial charge >= 0.3 is 6.18 Å². The molecule has 8 heteroatoms. The smallest absolute Gasteiger partial charge is 0.284 e. The molecule has 0 radical (unpaired) electrons. The Morgan fingerprint density at radius 3 is 2.54 bits per heavy atom. The molecular weight excluding hydrogens is 348 g/mol. The number of hydrogen-bond donors (Lipinski definition) is 0. The second kappa shape index (κ2) is 5.91. The molecule has 0 unspecified atom stereocenters. The van der Waals surface area contributed by atoms with Gasteiger partial charge in [0.1, 0.15) is 11.5 Å². The molecule has 4 aromatic rings. The zero-order valence-electron chi connectivity index (χ0n) is 13.1. The summed E-state index contributed by atoms with van der Waals surface area (Å²) in [5, 5.41) is 0. The van der Waals surface area contributed by atoms with E-state index in [2.05, 4.69) is 15.0 Å². The minimum absolute atomic E-state index is 0.0847. The van der Waals surface area contributed by atoms with E-state index in [0.29, 0.717) is 17.0 Å². The summed E-state index contributed by atoms with van der Waals surface area (Å²) >= 11 is 0. The van der Waals surface area contributed by atoms with E-state index in [1.807, 2.05) is 0 Å². The van der Waals surface area contributed by atoms with Crippen molar-refractivity contribution in [3.8, 4) is 22.5 Å². The molecule has 0 aliphatic carbocycles. The van der Waals surface area contributed by atoms with E-state index in [-0.39, 0.29) is 11.3 Å². The summed E-state index contributed by atoms with van der Waals surface area (Å²) in [5.41, 5.74) is 0.811. The van der Waals surface area contributed by atoms with Crippen molar-refractivity contribution in [3.05, 3.63) is 72.6 Å². The number of alkyl halides is 3. The maximum atomic E-state index is 14.2. The van der Waals surface area contributed by atoms with Gasteiger partial charge in [-0.1, -0.05) is 6.07 Å². The predicted octanol–water partition coefficient (Wildman–Crippen LogP) is 4.62. The van der Waals surface area contributed by atoms with Gasteiger partial charge in [0.2, 0.25) is 5.78 Å². The van der Waals surface area contributed by atoms with Crippen LogP contribution in [0.15, 0.2) is 61.1 Å². The maximum Gasteiger partial charge on any atom is 0.433 e. The fourth-order valence-corrected chi connectivity index (χ4v) is 2.65. The number of rotatable bonds is 2. The lowest BCUT2D eigenvalue weighted by Gasteiger charge is -2.08. The minimum atomic E-state index is -4.55. The Kier molecular flexibility index (Phi) is 3.68. The third-order valence-electron chi connectivity index (χ3n) is 3.87. The zero-order valence-corrected chi connectivity index (χ0v) is 13.1. The molecule has 4 nitrogen and oxygen atoms in total. The highest BCUT2D eigenvalue weighted by Crippen LogP contribution is 2.30. The average Bonchev–Trinajstić information content (AvgIpc) is 3.05. The molecule has 26 heavy (non-hydrogen) atoms. The molecule has 130 valence electrons. The van der Waals surface area contributed by atoms with Crippen molar-refractivity contribution in [1.29, 1.82) is 0 Å². The van der Waals surface area contributed by atoms with Crippen molar-refractivity contribution in [2.24, 2.45) is 0 Å². The van der Waals surface area contributed by atoms with E-state index in [1.165, 1.54) is 28.9 Å². The predicted molar refractivity (Wildman–Crippen MR) is 86.6 cm³/mol. The van der Waals surface area contributed by atoms with Gasteiger partial charge in [-0.3, -0.25) is 9.38 Å². The van der Waals surface area contributed by atoms with Gasteiger partial charge in [-0.2, -0.15) is 13.2 Å². The fraction of sp³-hybridized carbons (Fsp3) is 0.0556. The van der Waals surface area contributed by atoms with E-state index >= 15 is 0 Å². The van der Waals surface area contributed by atoms with Crippen molar-refractivity contribution in [2.75, 3.05) is 0 Å². The third-order valence-corrected chi connectivity index (χ3v) is 3.87. The molecule has 3 aromatic heterocycles. The second-order valence-corrected chi connectivity index (χ2v) is 5.53. The Balaban J connectivity index is 1.84. The number of halogens is 4. The van der Waals surface area contributed by atoms with Crippen molar-refractivity contribution in [1.82, 2.24) is 19.4 Å². The quantitative estimate of drug-likeness (QED) is 0.491. The van der Waals surface area contributed by atoms with Gasteiger partial charge in [0.25, 0.3) is 0 Å². The maximum absolute atomic E-state index is 14.2. The largest absolute Gasteiger partial charge is 0.433 e. The normalized spacial score (nSPS) is 11.8. The number of benzene rings is 1. The zero-order chi connectivity index (χ0) is 18.3. The Hall–Kier alpha value is -3.29. The molecule has 0 N–H and O–H groups in total. The van der Waals surface area contributed by atoms with Gasteiger partial charge in [0, 0.05) is 23.5 Å². The second-order valence-electron chi connectivity index (χ2n) is 5.53. The van der Waals surface area contributed by atoms with Crippen molar-refractivity contribution < 1.29 is 17.6 Å². The molecule has 0 aliphatic heterocycles. The molecule has 0 aliphatic rings. The summed E-state index contributed by atoms with van der Waals surface area (Å²) in [7, 11) is 0. The number of nitrogens with zero attached hydrogens (tertiary/aromatic N) is 4. The first-order chi connectivity index (χ1) is 12.4. The lowest BCUT2D eigenvalue weighted by atomic mass is 10.0. The van der Waals surface area contributed by atoms with Crippen LogP contribution in [0.1, 0.15) is 5.69 Å². The number of fused-ring (bicyclic) bond motifs is 1. The van der Waals surface area contributed by atoms with Crippen molar-refractivity contribution >= 4 is 5.78 Å². The Morgan fingerprint density at radius 1 is 0.962 bits per heavy atom. The highest BCUT2D eigenvalue weighted by molar-refractivity contribution is 5.71. The van der Waals surface area contributed by atoms with Crippen LogP contribution in [0.2, 0.25) is 0 Å². The summed E-state index contributed by atoms with van der Waals surface area (Å²) < 4.78 is 54.0. The Labute approximate surface area is 144 Å². The molecule has 4 rings (SSSR count). The molecule has 0 amide bonds. The lowest BCUT2D eigenvalue weighted by molar-refractivity contribution is -0.141. The van der Waals surface area contributed by atoms with E-state index in [9.17, 15) is 17.6 Å². The molecule has 0 saturated carbocycles. The third kappa shape index (κ3) is 2.79. The van der Waals surface area contributed by atoms with Crippen molar-refractivity contribution in [3.63, 3.8) is 0 Å². The molecule has 0 fully saturated rings. The summed E-state index contributed by atoms with van der Waals surface area (Å²) in [6, 6.07) is 10.4. The molecule has 3 heterocycles. The van der Waals surface area contributed by atoms with Gasteiger partial charge in [0.05, 0.1) is 17.6 Å². The van der Waals surface area contributed by atoms with Gasteiger partial charge in [0.15, 0.2) is 0 Å². The molecule has 0 bridgehead atoms. The lowest BCUT2D eigenvalue weighted by Crippen LogP contribution is -2.09. The van der Waals surface area contributed by atoms with Crippen LogP contribution in [-0.4, -0.2) is 19.4 Å². The van der Waals surface area contributed by atoms with Crippen LogP contribution in [0.5, 0.6) is 0 Å². The van der Waals surface area contributed by atoms with Crippen LogP contribution in [0.25, 0.3) is 28.3 Å². The van der Waals surface area contributed by atoms with E-state index in [4.69, 9.17) is 0 Å². The first-order valence-electron chi connectivity index (χ1n) is 7.56. The SMILES string of the molecule is Fc1ccc(-c2cnc3nc(C(F)(F)F)ccn23)cc1-c1ccccn1. The first kappa shape index (κ1) is 16.2. The van der Waals surface area contributed by atoms with Gasteiger partial charge in [-0.15, -0.1) is 0 Å². The van der Waals surface area contributed by atoms with E-state index in [0.717, 1.165) is 6.07 Å². The minimum Gasteiger partial charge on any atom is -0.284 e. The Morgan fingerprint density at radius 2 is 1.81 bits per heavy atom. The highest BCUT2D eigenvalue weighted by atomic mass is 19.4. The van der Waals surface area contributed by atoms with Gasteiger partial charge < -0.3 is 0 Å². The average molecular weight is 358 g/mol. The van der Waals surface area contributed by atoms with Crippen LogP contribution < -0.4 is 0 Å². The van der Waals surface area contributed by atoms with Crippen LogP contribution in [-0.2, 0) is 6.18 Å². The standard InChI is InChI=1S/C18H10F4N4/c19-13-5-4-11(9-12(13)14-3-1-2-7-23-14)15-10-24-17-25-16(18(20,21)22)6-8-26(15)17/h1-10H.